The molecule has 0 aliphatic carbocycles. The fourth-order valence-corrected chi connectivity index (χ4v) is 4.22. The van der Waals surface area contributed by atoms with Gasteiger partial charge in [0.2, 0.25) is 0 Å². The highest BCUT2D eigenvalue weighted by atomic mass is 35.5. The van der Waals surface area contributed by atoms with Crippen LogP contribution in [-0.2, 0) is 6.61 Å². The molecule has 1 aliphatic rings. The largest absolute Gasteiger partial charge is 0.489 e. The summed E-state index contributed by atoms with van der Waals surface area (Å²) in [7, 11) is 2.15. The van der Waals surface area contributed by atoms with Crippen LogP contribution in [0, 0.1) is 6.92 Å². The molecule has 0 saturated carbocycles. The number of aryl methyl sites for hydroxylation is 1. The summed E-state index contributed by atoms with van der Waals surface area (Å²) >= 11 is 0. The molecule has 0 spiro atoms. The SMILES string of the molecule is Cc1ccc(COc2cccc(/C(N)=N/O)c2)c(NC(=O)c2ccc(N3CCCN(C)CC3)cc2)c1.Cl. The lowest BCUT2D eigenvalue weighted by molar-refractivity contribution is 0.102. The Balaban J connectivity index is 0.00000380. The van der Waals surface area contributed by atoms with E-state index in [1.165, 1.54) is 0 Å². The lowest BCUT2D eigenvalue weighted by Gasteiger charge is -2.23. The van der Waals surface area contributed by atoms with Crippen molar-refractivity contribution in [3.05, 3.63) is 89.0 Å². The fourth-order valence-electron chi connectivity index (χ4n) is 4.22. The van der Waals surface area contributed by atoms with Crippen molar-refractivity contribution in [2.24, 2.45) is 10.9 Å². The van der Waals surface area contributed by atoms with Crippen LogP contribution < -0.4 is 20.7 Å². The van der Waals surface area contributed by atoms with Crippen molar-refractivity contribution in [2.75, 3.05) is 43.4 Å². The predicted molar refractivity (Wildman–Crippen MR) is 150 cm³/mol. The molecular formula is C28H34ClN5O3. The number of amides is 1. The van der Waals surface area contributed by atoms with Crippen LogP contribution in [0.2, 0.25) is 0 Å². The standard InChI is InChI=1S/C28H33N5O3.ClH/c1-20-7-8-23(19-36-25-6-3-5-22(18-25)27(29)31-35)26(17-20)30-28(34)21-9-11-24(12-10-21)33-14-4-13-32(2)15-16-33;/h3,5-12,17-18,35H,4,13-16,19H2,1-2H3,(H2,29,31)(H,30,34);1H. The maximum absolute atomic E-state index is 13.1. The molecule has 0 aromatic heterocycles. The number of rotatable bonds is 7. The second kappa shape index (κ2) is 13.0. The second-order valence-corrected chi connectivity index (χ2v) is 9.11. The molecule has 1 heterocycles. The van der Waals surface area contributed by atoms with Gasteiger partial charge in [-0.1, -0.05) is 29.4 Å². The van der Waals surface area contributed by atoms with E-state index in [0.717, 1.165) is 49.4 Å². The van der Waals surface area contributed by atoms with Gasteiger partial charge in [-0.25, -0.2) is 0 Å². The molecule has 1 amide bonds. The van der Waals surface area contributed by atoms with Gasteiger partial charge in [0.15, 0.2) is 5.84 Å². The second-order valence-electron chi connectivity index (χ2n) is 9.11. The zero-order valence-corrected chi connectivity index (χ0v) is 22.0. The third kappa shape index (κ3) is 7.38. The number of likely N-dealkylation sites (N-methyl/N-ethyl adjacent to an activating group) is 1. The van der Waals surface area contributed by atoms with Crippen LogP contribution >= 0.6 is 12.4 Å². The average molecular weight is 524 g/mol. The zero-order chi connectivity index (χ0) is 25.5. The summed E-state index contributed by atoms with van der Waals surface area (Å²) in [5.41, 5.74) is 10.6. The molecule has 9 heteroatoms. The highest BCUT2D eigenvalue weighted by Gasteiger charge is 2.15. The summed E-state index contributed by atoms with van der Waals surface area (Å²) in [5.74, 6) is 0.420. The number of amidine groups is 1. The average Bonchev–Trinajstić information content (AvgIpc) is 3.12. The van der Waals surface area contributed by atoms with Crippen LogP contribution in [0.1, 0.15) is 33.5 Å². The molecule has 1 saturated heterocycles. The van der Waals surface area contributed by atoms with E-state index in [1.54, 1.807) is 24.3 Å². The Morgan fingerprint density at radius 1 is 1.03 bits per heavy atom. The van der Waals surface area contributed by atoms with E-state index in [1.807, 2.05) is 49.4 Å². The molecule has 4 rings (SSSR count). The minimum absolute atomic E-state index is 0. The number of nitrogens with two attached hydrogens (primary N) is 1. The predicted octanol–water partition coefficient (Wildman–Crippen LogP) is 4.48. The molecule has 0 radical (unpaired) electrons. The van der Waals surface area contributed by atoms with E-state index in [-0.39, 0.29) is 30.8 Å². The minimum Gasteiger partial charge on any atom is -0.489 e. The summed E-state index contributed by atoms with van der Waals surface area (Å²) in [6.07, 6.45) is 1.13. The van der Waals surface area contributed by atoms with Crippen molar-refractivity contribution in [1.82, 2.24) is 4.90 Å². The Hall–Kier alpha value is -3.75. The third-order valence-electron chi connectivity index (χ3n) is 6.36. The molecule has 196 valence electrons. The molecule has 4 N–H and O–H groups in total. The van der Waals surface area contributed by atoms with Crippen molar-refractivity contribution < 1.29 is 14.7 Å². The number of oxime groups is 1. The monoisotopic (exact) mass is 523 g/mol. The fraction of sp³-hybridized carbons (Fsp3) is 0.286. The van der Waals surface area contributed by atoms with E-state index in [0.29, 0.717) is 22.6 Å². The van der Waals surface area contributed by atoms with Crippen LogP contribution in [0.25, 0.3) is 0 Å². The van der Waals surface area contributed by atoms with Crippen molar-refractivity contribution in [3.63, 3.8) is 0 Å². The quantitative estimate of drug-likeness (QED) is 0.182. The normalized spacial score (nSPS) is 14.4. The first-order valence-corrected chi connectivity index (χ1v) is 12.1. The molecule has 0 bridgehead atoms. The molecule has 1 fully saturated rings. The highest BCUT2D eigenvalue weighted by Crippen LogP contribution is 2.23. The van der Waals surface area contributed by atoms with Gasteiger partial charge >= 0.3 is 0 Å². The van der Waals surface area contributed by atoms with Crippen molar-refractivity contribution in [2.45, 2.75) is 20.0 Å². The van der Waals surface area contributed by atoms with Gasteiger partial charge in [-0.2, -0.15) is 0 Å². The molecule has 3 aromatic carbocycles. The van der Waals surface area contributed by atoms with Gasteiger partial charge < -0.3 is 30.8 Å². The first-order valence-electron chi connectivity index (χ1n) is 12.1. The van der Waals surface area contributed by atoms with Gasteiger partial charge in [0.25, 0.3) is 5.91 Å². The van der Waals surface area contributed by atoms with E-state index < -0.39 is 0 Å². The first kappa shape index (κ1) is 27.8. The summed E-state index contributed by atoms with van der Waals surface area (Å²) in [5, 5.41) is 15.0. The third-order valence-corrected chi connectivity index (χ3v) is 6.36. The number of hydrogen-bond donors (Lipinski definition) is 3. The number of nitrogens with one attached hydrogen (secondary N) is 1. The maximum Gasteiger partial charge on any atom is 0.255 e. The van der Waals surface area contributed by atoms with Gasteiger partial charge in [0, 0.05) is 47.7 Å². The highest BCUT2D eigenvalue weighted by molar-refractivity contribution is 6.05. The van der Waals surface area contributed by atoms with E-state index in [4.69, 9.17) is 15.7 Å². The van der Waals surface area contributed by atoms with Crippen LogP contribution in [0.4, 0.5) is 11.4 Å². The topological polar surface area (TPSA) is 103 Å². The smallest absolute Gasteiger partial charge is 0.255 e. The van der Waals surface area contributed by atoms with Crippen LogP contribution in [0.5, 0.6) is 5.75 Å². The summed E-state index contributed by atoms with van der Waals surface area (Å²) in [6.45, 7) is 6.37. The number of hydrogen-bond acceptors (Lipinski definition) is 6. The summed E-state index contributed by atoms with van der Waals surface area (Å²) in [6, 6.07) is 20.7. The Morgan fingerprint density at radius 3 is 2.57 bits per heavy atom. The molecule has 0 unspecified atom stereocenters. The maximum atomic E-state index is 13.1. The number of carbonyl (C=O) groups excluding carboxylic acids is 1. The van der Waals surface area contributed by atoms with E-state index >= 15 is 0 Å². The van der Waals surface area contributed by atoms with Gasteiger partial charge in [0.1, 0.15) is 12.4 Å². The number of halogens is 1. The zero-order valence-electron chi connectivity index (χ0n) is 21.2. The van der Waals surface area contributed by atoms with Crippen molar-refractivity contribution in [1.29, 1.82) is 0 Å². The molecule has 37 heavy (non-hydrogen) atoms. The lowest BCUT2D eigenvalue weighted by atomic mass is 10.1. The Morgan fingerprint density at radius 2 is 1.81 bits per heavy atom. The number of carbonyl (C=O) groups is 1. The Bertz CT molecular complexity index is 1230. The van der Waals surface area contributed by atoms with E-state index in [9.17, 15) is 4.79 Å². The van der Waals surface area contributed by atoms with Gasteiger partial charge in [-0.05, 0) is 75.0 Å². The number of ether oxygens (including phenoxy) is 1. The molecule has 3 aromatic rings. The van der Waals surface area contributed by atoms with E-state index in [2.05, 4.69) is 27.3 Å². The molecule has 1 aliphatic heterocycles. The summed E-state index contributed by atoms with van der Waals surface area (Å²) in [4.78, 5) is 17.8. The minimum atomic E-state index is -0.169. The lowest BCUT2D eigenvalue weighted by Crippen LogP contribution is -2.28. The first-order chi connectivity index (χ1) is 17.4. The Labute approximate surface area is 224 Å². The van der Waals surface area contributed by atoms with Gasteiger partial charge in [-0.3, -0.25) is 4.79 Å². The van der Waals surface area contributed by atoms with Crippen LogP contribution in [0.15, 0.2) is 71.9 Å². The van der Waals surface area contributed by atoms with Crippen molar-refractivity contribution in [3.8, 4) is 5.75 Å². The molecular weight excluding hydrogens is 490 g/mol. The van der Waals surface area contributed by atoms with Gasteiger partial charge in [0.05, 0.1) is 0 Å². The van der Waals surface area contributed by atoms with Crippen molar-refractivity contribution >= 4 is 35.5 Å². The number of nitrogens with zero attached hydrogens (tertiary/aromatic N) is 3. The van der Waals surface area contributed by atoms with Crippen LogP contribution in [0.3, 0.4) is 0 Å². The Kier molecular flexibility index (Phi) is 9.77. The molecule has 8 nitrogen and oxygen atoms in total. The summed E-state index contributed by atoms with van der Waals surface area (Å²) < 4.78 is 5.94. The van der Waals surface area contributed by atoms with Crippen LogP contribution in [-0.4, -0.2) is 55.1 Å². The number of anilines is 2. The number of benzene rings is 3. The van der Waals surface area contributed by atoms with Gasteiger partial charge in [-0.15, -0.1) is 12.4 Å². The molecule has 0 atom stereocenters.